The van der Waals surface area contributed by atoms with Gasteiger partial charge in [-0.15, -0.1) is 0 Å². The number of anilines is 1. The zero-order valence-corrected chi connectivity index (χ0v) is 13.3. The van der Waals surface area contributed by atoms with Gasteiger partial charge in [-0.1, -0.05) is 30.3 Å². The summed E-state index contributed by atoms with van der Waals surface area (Å²) < 4.78 is 0. The normalized spacial score (nSPS) is 11.9. The highest BCUT2D eigenvalue weighted by Gasteiger charge is 2.08. The topological polar surface area (TPSA) is 120 Å². The average Bonchev–Trinajstić information content (AvgIpc) is 2.66. The molecule has 0 radical (unpaired) electrons. The van der Waals surface area contributed by atoms with Gasteiger partial charge in [0.25, 0.3) is 0 Å². The van der Waals surface area contributed by atoms with Gasteiger partial charge in [0.2, 0.25) is 0 Å². The van der Waals surface area contributed by atoms with Gasteiger partial charge in [0.1, 0.15) is 11.3 Å². The third-order valence-electron chi connectivity index (χ3n) is 3.43. The van der Waals surface area contributed by atoms with E-state index in [2.05, 4.69) is 25.6 Å². The number of urea groups is 1. The molecule has 0 saturated heterocycles. The van der Waals surface area contributed by atoms with Crippen molar-refractivity contribution >= 4 is 23.0 Å². The van der Waals surface area contributed by atoms with Gasteiger partial charge in [0.05, 0.1) is 24.6 Å². The Hall–Kier alpha value is -3.10. The number of nitrogens with one attached hydrogen (secondary N) is 2. The molecule has 0 saturated carbocycles. The van der Waals surface area contributed by atoms with Crippen molar-refractivity contribution in [2.24, 2.45) is 0 Å². The highest BCUT2D eigenvalue weighted by molar-refractivity contribution is 5.89. The molecular formula is C17H17N5O3. The summed E-state index contributed by atoms with van der Waals surface area (Å²) in [6, 6.07) is 12.4. The fourth-order valence-corrected chi connectivity index (χ4v) is 2.15. The number of amides is 2. The molecule has 2 aromatic heterocycles. The minimum absolute atomic E-state index is 0.0616. The Balaban J connectivity index is 1.78. The Morgan fingerprint density at radius 3 is 2.68 bits per heavy atom. The zero-order valence-electron chi connectivity index (χ0n) is 13.3. The van der Waals surface area contributed by atoms with Gasteiger partial charge >= 0.3 is 6.03 Å². The van der Waals surface area contributed by atoms with Crippen LogP contribution in [0.4, 0.5) is 10.6 Å². The molecule has 0 fully saturated rings. The van der Waals surface area contributed by atoms with Crippen molar-refractivity contribution in [2.45, 2.75) is 6.10 Å². The van der Waals surface area contributed by atoms with Crippen LogP contribution in [0.2, 0.25) is 0 Å². The average molecular weight is 339 g/mol. The lowest BCUT2D eigenvalue weighted by atomic mass is 10.2. The van der Waals surface area contributed by atoms with Crippen LogP contribution in [0.25, 0.3) is 22.4 Å². The van der Waals surface area contributed by atoms with E-state index in [4.69, 9.17) is 5.11 Å². The van der Waals surface area contributed by atoms with Crippen LogP contribution >= 0.6 is 0 Å². The lowest BCUT2D eigenvalue weighted by Gasteiger charge is -2.10. The third kappa shape index (κ3) is 4.25. The summed E-state index contributed by atoms with van der Waals surface area (Å²) in [6.45, 7) is -0.486. The number of nitrogens with zero attached hydrogens (tertiary/aromatic N) is 3. The van der Waals surface area contributed by atoms with Crippen molar-refractivity contribution in [2.75, 3.05) is 18.5 Å². The molecule has 8 nitrogen and oxygen atoms in total. The monoisotopic (exact) mass is 339 g/mol. The molecule has 3 aromatic rings. The van der Waals surface area contributed by atoms with Crippen LogP contribution < -0.4 is 10.6 Å². The molecule has 0 aliphatic rings. The molecule has 8 heteroatoms. The number of carbonyl (C=O) groups is 1. The van der Waals surface area contributed by atoms with Gasteiger partial charge in [0.15, 0.2) is 5.65 Å². The van der Waals surface area contributed by atoms with Gasteiger partial charge in [-0.3, -0.25) is 10.3 Å². The molecule has 0 bridgehead atoms. The molecule has 2 heterocycles. The Kier molecular flexibility index (Phi) is 5.12. The van der Waals surface area contributed by atoms with Crippen LogP contribution in [-0.4, -0.2) is 50.5 Å². The third-order valence-corrected chi connectivity index (χ3v) is 3.43. The molecule has 3 rings (SSSR count). The van der Waals surface area contributed by atoms with E-state index in [1.54, 1.807) is 18.3 Å². The summed E-state index contributed by atoms with van der Waals surface area (Å²) in [5.41, 5.74) is 2.64. The van der Waals surface area contributed by atoms with Crippen molar-refractivity contribution in [1.82, 2.24) is 20.3 Å². The lowest BCUT2D eigenvalue weighted by Crippen LogP contribution is -2.36. The fourth-order valence-electron chi connectivity index (χ4n) is 2.15. The number of fused-ring (bicyclic) bond motifs is 1. The predicted octanol–water partition coefficient (Wildman–Crippen LogP) is 1.17. The minimum atomic E-state index is -1.00. The van der Waals surface area contributed by atoms with Crippen LogP contribution in [0.15, 0.2) is 48.7 Å². The predicted molar refractivity (Wildman–Crippen MR) is 92.9 cm³/mol. The van der Waals surface area contributed by atoms with Gasteiger partial charge in [-0.05, 0) is 12.1 Å². The number of pyridine rings is 1. The maximum atomic E-state index is 11.8. The van der Waals surface area contributed by atoms with E-state index in [9.17, 15) is 9.90 Å². The van der Waals surface area contributed by atoms with E-state index in [1.807, 2.05) is 30.3 Å². The molecule has 4 N–H and O–H groups in total. The fraction of sp³-hybridized carbons (Fsp3) is 0.176. The van der Waals surface area contributed by atoms with E-state index in [-0.39, 0.29) is 6.54 Å². The molecule has 1 atom stereocenters. The van der Waals surface area contributed by atoms with Gasteiger partial charge in [-0.25, -0.2) is 14.8 Å². The lowest BCUT2D eigenvalue weighted by molar-refractivity contribution is 0.0965. The number of hydrogen-bond acceptors (Lipinski definition) is 6. The number of rotatable bonds is 5. The molecule has 0 aliphatic carbocycles. The number of hydrogen-bond donors (Lipinski definition) is 4. The second kappa shape index (κ2) is 7.65. The maximum absolute atomic E-state index is 11.8. The van der Waals surface area contributed by atoms with Crippen LogP contribution in [0.5, 0.6) is 0 Å². The summed E-state index contributed by atoms with van der Waals surface area (Å²) in [4.78, 5) is 24.9. The summed E-state index contributed by atoms with van der Waals surface area (Å²) >= 11 is 0. The second-order valence-corrected chi connectivity index (χ2v) is 5.33. The Labute approximate surface area is 143 Å². The molecule has 128 valence electrons. The molecule has 2 amide bonds. The van der Waals surface area contributed by atoms with Crippen molar-refractivity contribution in [3.05, 3.63) is 48.7 Å². The summed E-state index contributed by atoms with van der Waals surface area (Å²) in [6.07, 6.45) is 0.671. The Bertz CT molecular complexity index is 873. The number of aromatic nitrogens is 3. The summed E-state index contributed by atoms with van der Waals surface area (Å²) in [7, 11) is 0. The quantitative estimate of drug-likeness (QED) is 0.554. The van der Waals surface area contributed by atoms with Crippen LogP contribution in [0.3, 0.4) is 0 Å². The van der Waals surface area contributed by atoms with Crippen molar-refractivity contribution in [3.63, 3.8) is 0 Å². The number of carbonyl (C=O) groups excluding carboxylic acids is 1. The molecule has 1 aromatic carbocycles. The van der Waals surface area contributed by atoms with Gasteiger partial charge < -0.3 is 15.5 Å². The van der Waals surface area contributed by atoms with Crippen molar-refractivity contribution < 1.29 is 15.0 Å². The van der Waals surface area contributed by atoms with E-state index in [1.165, 1.54) is 0 Å². The maximum Gasteiger partial charge on any atom is 0.320 e. The van der Waals surface area contributed by atoms with Crippen molar-refractivity contribution in [1.29, 1.82) is 0 Å². The highest BCUT2D eigenvalue weighted by atomic mass is 16.3. The first-order valence-electron chi connectivity index (χ1n) is 7.68. The first-order valence-corrected chi connectivity index (χ1v) is 7.68. The summed E-state index contributed by atoms with van der Waals surface area (Å²) in [5.74, 6) is 0.308. The smallest absolute Gasteiger partial charge is 0.320 e. The largest absolute Gasteiger partial charge is 0.394 e. The van der Waals surface area contributed by atoms with Gasteiger partial charge in [-0.2, -0.15) is 0 Å². The molecule has 25 heavy (non-hydrogen) atoms. The highest BCUT2D eigenvalue weighted by Crippen LogP contribution is 2.18. The van der Waals surface area contributed by atoms with Crippen LogP contribution in [-0.2, 0) is 0 Å². The zero-order chi connectivity index (χ0) is 17.6. The van der Waals surface area contributed by atoms with Crippen LogP contribution in [0, 0.1) is 0 Å². The van der Waals surface area contributed by atoms with E-state index < -0.39 is 18.7 Å². The van der Waals surface area contributed by atoms with E-state index in [0.717, 1.165) is 5.56 Å². The number of aliphatic hydroxyl groups excluding tert-OH is 2. The molecule has 0 spiro atoms. The van der Waals surface area contributed by atoms with Crippen molar-refractivity contribution in [3.8, 4) is 11.3 Å². The summed E-state index contributed by atoms with van der Waals surface area (Å²) in [5, 5.41) is 22.9. The number of benzene rings is 1. The first kappa shape index (κ1) is 16.7. The molecular weight excluding hydrogens is 322 g/mol. The first-order chi connectivity index (χ1) is 12.2. The Morgan fingerprint density at radius 2 is 1.92 bits per heavy atom. The standard InChI is InChI=1S/C17H17N5O3/c23-10-12(24)8-19-17(25)22-15-7-6-13-16(21-15)20-14(9-18-13)11-4-2-1-3-5-11/h1-7,9,12,23-24H,8,10H2,(H2,19,20,21,22,25). The SMILES string of the molecule is O=C(NCC(O)CO)Nc1ccc2ncc(-c3ccccc3)nc2n1. The Morgan fingerprint density at radius 1 is 1.12 bits per heavy atom. The second-order valence-electron chi connectivity index (χ2n) is 5.33. The van der Waals surface area contributed by atoms with Gasteiger partial charge in [0, 0.05) is 12.1 Å². The molecule has 1 unspecified atom stereocenters. The molecule has 0 aliphatic heterocycles. The van der Waals surface area contributed by atoms with E-state index in [0.29, 0.717) is 22.7 Å². The number of aliphatic hydroxyl groups is 2. The van der Waals surface area contributed by atoms with E-state index >= 15 is 0 Å². The minimum Gasteiger partial charge on any atom is -0.394 e. The van der Waals surface area contributed by atoms with Crippen LogP contribution in [0.1, 0.15) is 0 Å².